The first-order valence-electron chi connectivity index (χ1n) is 8.25. The Morgan fingerprint density at radius 3 is 2.85 bits per heavy atom. The SMILES string of the molecule is Cc1cccc(NC(=O)NC(=O)CSc2n[nH]c(Cc3cccs3)n2)c1C. The van der Waals surface area contributed by atoms with Gasteiger partial charge in [-0.15, -0.1) is 16.4 Å². The van der Waals surface area contributed by atoms with Crippen molar-refractivity contribution in [1.82, 2.24) is 20.5 Å². The number of carbonyl (C=O) groups excluding carboxylic acids is 2. The van der Waals surface area contributed by atoms with Crippen molar-refractivity contribution in [2.24, 2.45) is 0 Å². The van der Waals surface area contributed by atoms with Crippen LogP contribution in [0, 0.1) is 13.8 Å². The minimum absolute atomic E-state index is 0.0521. The summed E-state index contributed by atoms with van der Waals surface area (Å²) in [5, 5.41) is 14.4. The largest absolute Gasteiger partial charge is 0.325 e. The van der Waals surface area contributed by atoms with Gasteiger partial charge in [-0.3, -0.25) is 15.2 Å². The normalized spacial score (nSPS) is 10.6. The van der Waals surface area contributed by atoms with Gasteiger partial charge in [0.1, 0.15) is 5.82 Å². The molecule has 0 aliphatic heterocycles. The molecule has 0 bridgehead atoms. The van der Waals surface area contributed by atoms with Crippen LogP contribution in [0.2, 0.25) is 0 Å². The van der Waals surface area contributed by atoms with Gasteiger partial charge in [0.25, 0.3) is 0 Å². The van der Waals surface area contributed by atoms with Crippen molar-refractivity contribution in [3.63, 3.8) is 0 Å². The van der Waals surface area contributed by atoms with Crippen molar-refractivity contribution in [1.29, 1.82) is 0 Å². The van der Waals surface area contributed by atoms with Crippen LogP contribution >= 0.6 is 23.1 Å². The number of hydrogen-bond donors (Lipinski definition) is 3. The van der Waals surface area contributed by atoms with Crippen molar-refractivity contribution in [3.05, 3.63) is 57.5 Å². The lowest BCUT2D eigenvalue weighted by Gasteiger charge is -2.10. The second kappa shape index (κ2) is 8.83. The van der Waals surface area contributed by atoms with E-state index < -0.39 is 11.9 Å². The van der Waals surface area contributed by atoms with Crippen molar-refractivity contribution in [3.8, 4) is 0 Å². The van der Waals surface area contributed by atoms with Crippen molar-refractivity contribution in [2.75, 3.05) is 11.1 Å². The van der Waals surface area contributed by atoms with Gasteiger partial charge in [0.05, 0.1) is 5.75 Å². The summed E-state index contributed by atoms with van der Waals surface area (Å²) in [6.07, 6.45) is 0.676. The second-order valence-corrected chi connectivity index (χ2v) is 7.83. The highest BCUT2D eigenvalue weighted by Gasteiger charge is 2.12. The summed E-state index contributed by atoms with van der Waals surface area (Å²) >= 11 is 2.83. The van der Waals surface area contributed by atoms with Gasteiger partial charge in [0.15, 0.2) is 0 Å². The lowest BCUT2D eigenvalue weighted by Crippen LogP contribution is -2.35. The Balaban J connectivity index is 1.46. The Hall–Kier alpha value is -2.65. The summed E-state index contributed by atoms with van der Waals surface area (Å²) in [5.41, 5.74) is 2.71. The van der Waals surface area contributed by atoms with E-state index in [9.17, 15) is 9.59 Å². The number of urea groups is 1. The number of imide groups is 1. The number of amides is 3. The molecule has 0 unspecified atom stereocenters. The third kappa shape index (κ3) is 5.41. The maximum atomic E-state index is 12.0. The summed E-state index contributed by atoms with van der Waals surface area (Å²) in [4.78, 5) is 29.5. The van der Waals surface area contributed by atoms with Crippen molar-refractivity contribution >= 4 is 40.7 Å². The Labute approximate surface area is 165 Å². The minimum atomic E-state index is -0.553. The fraction of sp³-hybridized carbons (Fsp3) is 0.222. The fourth-order valence-corrected chi connectivity index (χ4v) is 3.66. The van der Waals surface area contributed by atoms with Crippen LogP contribution in [0.1, 0.15) is 21.8 Å². The maximum Gasteiger partial charge on any atom is 0.325 e. The summed E-state index contributed by atoms with van der Waals surface area (Å²) in [5.74, 6) is 0.386. The van der Waals surface area contributed by atoms with Crippen LogP contribution in [0.4, 0.5) is 10.5 Å². The van der Waals surface area contributed by atoms with Crippen molar-refractivity contribution in [2.45, 2.75) is 25.4 Å². The maximum absolute atomic E-state index is 12.0. The lowest BCUT2D eigenvalue weighted by atomic mass is 10.1. The van der Waals surface area contributed by atoms with Gasteiger partial charge in [-0.2, -0.15) is 0 Å². The Morgan fingerprint density at radius 1 is 1.22 bits per heavy atom. The minimum Gasteiger partial charge on any atom is -0.307 e. The van der Waals surface area contributed by atoms with Gasteiger partial charge >= 0.3 is 6.03 Å². The molecule has 3 N–H and O–H groups in total. The summed E-state index contributed by atoms with van der Waals surface area (Å²) in [7, 11) is 0. The number of carbonyl (C=O) groups is 2. The summed E-state index contributed by atoms with van der Waals surface area (Å²) < 4.78 is 0. The predicted octanol–water partition coefficient (Wildman–Crippen LogP) is 3.51. The first kappa shape index (κ1) is 19.1. The molecule has 0 saturated carbocycles. The predicted molar refractivity (Wildman–Crippen MR) is 107 cm³/mol. The molecule has 3 aromatic rings. The first-order valence-corrected chi connectivity index (χ1v) is 10.1. The van der Waals surface area contributed by atoms with Gasteiger partial charge in [-0.05, 0) is 42.5 Å². The molecule has 0 spiro atoms. The van der Waals surface area contributed by atoms with Gasteiger partial charge < -0.3 is 5.32 Å². The van der Waals surface area contributed by atoms with Gasteiger partial charge in [0, 0.05) is 17.0 Å². The standard InChI is InChI=1S/C18H19N5O2S2/c1-11-5-3-7-14(12(11)2)19-17(25)21-16(24)10-27-18-20-15(22-23-18)9-13-6-4-8-26-13/h3-8H,9-10H2,1-2H3,(H,20,22,23)(H2,19,21,24,25). The number of hydrogen-bond acceptors (Lipinski definition) is 6. The van der Waals surface area contributed by atoms with E-state index in [4.69, 9.17) is 0 Å². The molecule has 7 nitrogen and oxygen atoms in total. The van der Waals surface area contributed by atoms with Gasteiger partial charge in [0.2, 0.25) is 11.1 Å². The zero-order valence-electron chi connectivity index (χ0n) is 14.9. The highest BCUT2D eigenvalue weighted by atomic mass is 32.2. The number of aromatic nitrogens is 3. The van der Waals surface area contributed by atoms with E-state index in [0.717, 1.165) is 17.0 Å². The molecule has 1 aromatic carbocycles. The van der Waals surface area contributed by atoms with Gasteiger partial charge in [-0.1, -0.05) is 30.0 Å². The first-order chi connectivity index (χ1) is 13.0. The average molecular weight is 402 g/mol. The monoisotopic (exact) mass is 401 g/mol. The third-order valence-corrected chi connectivity index (χ3v) is 5.59. The van der Waals surface area contributed by atoms with Crippen LogP contribution in [0.3, 0.4) is 0 Å². The third-order valence-electron chi connectivity index (χ3n) is 3.87. The van der Waals surface area contributed by atoms with Crippen LogP contribution in [0.15, 0.2) is 40.9 Å². The van der Waals surface area contributed by atoms with E-state index in [1.54, 1.807) is 17.4 Å². The van der Waals surface area contributed by atoms with Crippen LogP contribution in [-0.2, 0) is 11.2 Å². The smallest absolute Gasteiger partial charge is 0.307 e. The van der Waals surface area contributed by atoms with E-state index >= 15 is 0 Å². The Morgan fingerprint density at radius 2 is 2.07 bits per heavy atom. The zero-order chi connectivity index (χ0) is 19.2. The highest BCUT2D eigenvalue weighted by Crippen LogP contribution is 2.18. The van der Waals surface area contributed by atoms with E-state index in [1.807, 2.05) is 43.5 Å². The van der Waals surface area contributed by atoms with Gasteiger partial charge in [-0.25, -0.2) is 9.78 Å². The molecule has 0 radical (unpaired) electrons. The molecule has 140 valence electrons. The summed E-state index contributed by atoms with van der Waals surface area (Å²) in [6.45, 7) is 3.88. The molecule has 3 amide bonds. The fourth-order valence-electron chi connectivity index (χ4n) is 2.33. The number of nitrogens with zero attached hydrogens (tertiary/aromatic N) is 2. The number of thioether (sulfide) groups is 1. The summed E-state index contributed by atoms with van der Waals surface area (Å²) in [6, 6.07) is 9.07. The number of benzene rings is 1. The van der Waals surface area contributed by atoms with Crippen LogP contribution in [0.25, 0.3) is 0 Å². The number of anilines is 1. The molecule has 9 heteroatoms. The molecular weight excluding hydrogens is 382 g/mol. The van der Waals surface area contributed by atoms with Crippen LogP contribution in [0.5, 0.6) is 0 Å². The molecule has 0 aliphatic carbocycles. The lowest BCUT2D eigenvalue weighted by molar-refractivity contribution is -0.117. The molecule has 27 heavy (non-hydrogen) atoms. The number of rotatable bonds is 6. The topological polar surface area (TPSA) is 99.8 Å². The second-order valence-electron chi connectivity index (χ2n) is 5.86. The molecule has 2 heterocycles. The molecule has 0 atom stereocenters. The average Bonchev–Trinajstić information content (AvgIpc) is 3.29. The highest BCUT2D eigenvalue weighted by molar-refractivity contribution is 7.99. The molecule has 0 fully saturated rings. The van der Waals surface area contributed by atoms with Crippen LogP contribution < -0.4 is 10.6 Å². The van der Waals surface area contributed by atoms with Crippen LogP contribution in [-0.4, -0.2) is 32.9 Å². The molecule has 2 aromatic heterocycles. The molecular formula is C18H19N5O2S2. The number of H-pyrrole nitrogens is 1. The van der Waals surface area contributed by atoms with E-state index in [2.05, 4.69) is 25.8 Å². The quantitative estimate of drug-likeness (QED) is 0.549. The number of thiophene rings is 1. The zero-order valence-corrected chi connectivity index (χ0v) is 16.5. The number of aryl methyl sites for hydroxylation is 1. The van der Waals surface area contributed by atoms with Crippen molar-refractivity contribution < 1.29 is 9.59 Å². The number of aromatic amines is 1. The van der Waals surface area contributed by atoms with E-state index in [0.29, 0.717) is 17.3 Å². The molecule has 0 aliphatic rings. The van der Waals surface area contributed by atoms with E-state index in [1.165, 1.54) is 16.6 Å². The molecule has 0 saturated heterocycles. The number of nitrogens with one attached hydrogen (secondary N) is 3. The Bertz CT molecular complexity index is 937. The molecule has 3 rings (SSSR count). The van der Waals surface area contributed by atoms with E-state index in [-0.39, 0.29) is 5.75 Å². The Kier molecular flexibility index (Phi) is 6.25.